The SMILES string of the molecule is CCOc1ccc(S(=O)(=O)Nc2cccc(C(=O)N(C)C(C)c3ccc(F)c(F)c3)c2)cc1. The molecule has 0 radical (unpaired) electrons. The van der Waals surface area contributed by atoms with Gasteiger partial charge in [-0.15, -0.1) is 0 Å². The van der Waals surface area contributed by atoms with Crippen LogP contribution in [0.4, 0.5) is 14.5 Å². The fourth-order valence-corrected chi connectivity index (χ4v) is 4.24. The van der Waals surface area contributed by atoms with Crippen molar-refractivity contribution in [3.8, 4) is 5.75 Å². The maximum atomic E-state index is 13.6. The van der Waals surface area contributed by atoms with Crippen molar-refractivity contribution < 1.29 is 26.7 Å². The van der Waals surface area contributed by atoms with E-state index in [0.717, 1.165) is 12.1 Å². The van der Waals surface area contributed by atoms with Gasteiger partial charge in [0, 0.05) is 18.3 Å². The van der Waals surface area contributed by atoms with Crippen molar-refractivity contribution in [3.05, 3.63) is 89.5 Å². The zero-order valence-electron chi connectivity index (χ0n) is 18.4. The molecule has 0 aromatic heterocycles. The van der Waals surface area contributed by atoms with Gasteiger partial charge in [0.1, 0.15) is 5.75 Å². The molecule has 9 heteroatoms. The van der Waals surface area contributed by atoms with Crippen LogP contribution in [0.5, 0.6) is 5.75 Å². The molecule has 0 spiro atoms. The molecule has 0 aliphatic heterocycles. The third kappa shape index (κ3) is 5.67. The Morgan fingerprint density at radius 3 is 2.36 bits per heavy atom. The minimum absolute atomic E-state index is 0.0479. The molecule has 0 aliphatic carbocycles. The Bertz CT molecular complexity index is 1250. The first kappa shape index (κ1) is 24.2. The van der Waals surface area contributed by atoms with Crippen LogP contribution in [0.2, 0.25) is 0 Å². The third-order valence-corrected chi connectivity index (χ3v) is 6.53. The van der Waals surface area contributed by atoms with Gasteiger partial charge >= 0.3 is 0 Å². The fraction of sp³-hybridized carbons (Fsp3) is 0.208. The first-order chi connectivity index (χ1) is 15.6. The van der Waals surface area contributed by atoms with Crippen LogP contribution in [0.1, 0.15) is 35.8 Å². The number of ether oxygens (including phenoxy) is 1. The minimum atomic E-state index is -3.88. The maximum absolute atomic E-state index is 13.6. The molecule has 3 aromatic carbocycles. The number of halogens is 2. The third-order valence-electron chi connectivity index (χ3n) is 5.13. The summed E-state index contributed by atoms with van der Waals surface area (Å²) in [6.07, 6.45) is 0. The van der Waals surface area contributed by atoms with Crippen LogP contribution >= 0.6 is 0 Å². The maximum Gasteiger partial charge on any atom is 0.261 e. The van der Waals surface area contributed by atoms with Gasteiger partial charge in [0.25, 0.3) is 15.9 Å². The van der Waals surface area contributed by atoms with Gasteiger partial charge in [-0.05, 0) is 74.0 Å². The van der Waals surface area contributed by atoms with Crippen molar-refractivity contribution in [1.82, 2.24) is 4.90 Å². The number of hydrogen-bond donors (Lipinski definition) is 1. The summed E-state index contributed by atoms with van der Waals surface area (Å²) in [5.41, 5.74) is 0.875. The monoisotopic (exact) mass is 474 g/mol. The summed E-state index contributed by atoms with van der Waals surface area (Å²) in [6, 6.07) is 15.0. The summed E-state index contributed by atoms with van der Waals surface area (Å²) >= 11 is 0. The molecule has 3 aromatic rings. The van der Waals surface area contributed by atoms with E-state index < -0.39 is 33.6 Å². The van der Waals surface area contributed by atoms with E-state index in [2.05, 4.69) is 4.72 Å². The van der Waals surface area contributed by atoms with Gasteiger partial charge in [-0.25, -0.2) is 17.2 Å². The Morgan fingerprint density at radius 1 is 1.03 bits per heavy atom. The molecule has 1 N–H and O–H groups in total. The van der Waals surface area contributed by atoms with E-state index in [1.54, 1.807) is 31.2 Å². The summed E-state index contributed by atoms with van der Waals surface area (Å²) < 4.78 is 60.1. The summed E-state index contributed by atoms with van der Waals surface area (Å²) in [5, 5.41) is 0. The number of hydrogen-bond acceptors (Lipinski definition) is 4. The smallest absolute Gasteiger partial charge is 0.261 e. The standard InChI is InChI=1S/C24H24F2N2O4S/c1-4-32-20-9-11-21(12-10-20)33(30,31)27-19-7-5-6-18(14-19)24(29)28(3)16(2)17-8-13-22(25)23(26)15-17/h5-16,27H,4H2,1-3H3. The highest BCUT2D eigenvalue weighted by molar-refractivity contribution is 7.92. The molecule has 0 aliphatic rings. The average molecular weight is 475 g/mol. The topological polar surface area (TPSA) is 75.7 Å². The minimum Gasteiger partial charge on any atom is -0.494 e. The molecule has 1 amide bonds. The Kier molecular flexibility index (Phi) is 7.33. The lowest BCUT2D eigenvalue weighted by molar-refractivity contribution is 0.0742. The molecule has 0 heterocycles. The lowest BCUT2D eigenvalue weighted by Gasteiger charge is -2.25. The van der Waals surface area contributed by atoms with Crippen LogP contribution in [0.3, 0.4) is 0 Å². The van der Waals surface area contributed by atoms with Crippen molar-refractivity contribution in [2.24, 2.45) is 0 Å². The highest BCUT2D eigenvalue weighted by atomic mass is 32.2. The van der Waals surface area contributed by atoms with E-state index in [4.69, 9.17) is 4.74 Å². The number of rotatable bonds is 8. The number of amides is 1. The number of anilines is 1. The van der Waals surface area contributed by atoms with Crippen molar-refractivity contribution in [2.45, 2.75) is 24.8 Å². The zero-order valence-corrected chi connectivity index (χ0v) is 19.2. The lowest BCUT2D eigenvalue weighted by Crippen LogP contribution is -2.29. The molecule has 0 bridgehead atoms. The molecular weight excluding hydrogens is 450 g/mol. The number of nitrogens with one attached hydrogen (secondary N) is 1. The Morgan fingerprint density at radius 2 is 1.73 bits per heavy atom. The van der Waals surface area contributed by atoms with Gasteiger partial charge in [0.05, 0.1) is 17.5 Å². The fourth-order valence-electron chi connectivity index (χ4n) is 3.19. The quantitative estimate of drug-likeness (QED) is 0.499. The van der Waals surface area contributed by atoms with Crippen LogP contribution in [-0.2, 0) is 10.0 Å². The van der Waals surface area contributed by atoms with Crippen LogP contribution < -0.4 is 9.46 Å². The predicted molar refractivity (Wildman–Crippen MR) is 122 cm³/mol. The Labute approximate surface area is 191 Å². The van der Waals surface area contributed by atoms with Gasteiger partial charge in [0.2, 0.25) is 0 Å². The second kappa shape index (κ2) is 9.99. The molecule has 1 unspecified atom stereocenters. The Hall–Kier alpha value is -3.46. The largest absolute Gasteiger partial charge is 0.494 e. The van der Waals surface area contributed by atoms with Gasteiger partial charge in [0.15, 0.2) is 11.6 Å². The first-order valence-electron chi connectivity index (χ1n) is 10.2. The van der Waals surface area contributed by atoms with Gasteiger partial charge in [-0.3, -0.25) is 9.52 Å². The first-order valence-corrected chi connectivity index (χ1v) is 11.7. The molecule has 0 saturated heterocycles. The van der Waals surface area contributed by atoms with Crippen molar-refractivity contribution in [1.29, 1.82) is 0 Å². The summed E-state index contributed by atoms with van der Waals surface area (Å²) in [6.45, 7) is 3.98. The zero-order chi connectivity index (χ0) is 24.2. The van der Waals surface area contributed by atoms with Crippen LogP contribution in [-0.4, -0.2) is 32.9 Å². The number of nitrogens with zero attached hydrogens (tertiary/aromatic N) is 1. The van der Waals surface area contributed by atoms with E-state index in [1.807, 2.05) is 6.92 Å². The second-order valence-corrected chi connectivity index (χ2v) is 9.04. The summed E-state index contributed by atoms with van der Waals surface area (Å²) in [7, 11) is -2.35. The Balaban J connectivity index is 1.77. The van der Waals surface area contributed by atoms with Gasteiger partial charge in [-0.2, -0.15) is 0 Å². The highest BCUT2D eigenvalue weighted by Gasteiger charge is 2.21. The van der Waals surface area contributed by atoms with E-state index in [-0.39, 0.29) is 16.1 Å². The second-order valence-electron chi connectivity index (χ2n) is 7.36. The average Bonchev–Trinajstić information content (AvgIpc) is 2.80. The number of benzene rings is 3. The van der Waals surface area contributed by atoms with Crippen LogP contribution in [0, 0.1) is 11.6 Å². The molecule has 174 valence electrons. The van der Waals surface area contributed by atoms with Crippen molar-refractivity contribution in [3.63, 3.8) is 0 Å². The number of sulfonamides is 1. The van der Waals surface area contributed by atoms with Gasteiger partial charge < -0.3 is 9.64 Å². The van der Waals surface area contributed by atoms with E-state index in [0.29, 0.717) is 17.9 Å². The normalized spacial score (nSPS) is 12.2. The predicted octanol–water partition coefficient (Wildman–Crippen LogP) is 5.00. The number of carbonyl (C=O) groups excluding carboxylic acids is 1. The van der Waals surface area contributed by atoms with E-state index >= 15 is 0 Å². The van der Waals surface area contributed by atoms with E-state index in [9.17, 15) is 22.0 Å². The molecule has 0 fully saturated rings. The van der Waals surface area contributed by atoms with E-state index in [1.165, 1.54) is 42.3 Å². The van der Waals surface area contributed by atoms with Crippen molar-refractivity contribution in [2.75, 3.05) is 18.4 Å². The number of carbonyl (C=O) groups is 1. The lowest BCUT2D eigenvalue weighted by atomic mass is 10.1. The molecule has 33 heavy (non-hydrogen) atoms. The van der Waals surface area contributed by atoms with Crippen LogP contribution in [0.25, 0.3) is 0 Å². The molecule has 1 atom stereocenters. The van der Waals surface area contributed by atoms with Gasteiger partial charge in [-0.1, -0.05) is 12.1 Å². The molecular formula is C24H24F2N2O4S. The summed E-state index contributed by atoms with van der Waals surface area (Å²) in [4.78, 5) is 14.4. The van der Waals surface area contributed by atoms with Crippen LogP contribution in [0.15, 0.2) is 71.6 Å². The van der Waals surface area contributed by atoms with Crippen molar-refractivity contribution >= 4 is 21.6 Å². The molecule has 3 rings (SSSR count). The molecule has 6 nitrogen and oxygen atoms in total. The highest BCUT2D eigenvalue weighted by Crippen LogP contribution is 2.24. The summed E-state index contributed by atoms with van der Waals surface area (Å²) in [5.74, 6) is -1.81. The molecule has 0 saturated carbocycles.